The lowest BCUT2D eigenvalue weighted by Gasteiger charge is -2.11. The topological polar surface area (TPSA) is 90.1 Å². The first-order valence-corrected chi connectivity index (χ1v) is 9.00. The van der Waals surface area contributed by atoms with E-state index in [2.05, 4.69) is 20.4 Å². The van der Waals surface area contributed by atoms with Gasteiger partial charge in [-0.1, -0.05) is 5.16 Å². The van der Waals surface area contributed by atoms with Gasteiger partial charge >= 0.3 is 0 Å². The lowest BCUT2D eigenvalue weighted by Crippen LogP contribution is -2.27. The number of thiazole rings is 1. The number of hydrogen-bond acceptors (Lipinski definition) is 7. The number of hydrogen-bond donors (Lipinski definition) is 1. The fourth-order valence-electron chi connectivity index (χ4n) is 2.47. The van der Waals surface area contributed by atoms with Crippen molar-refractivity contribution >= 4 is 17.2 Å². The van der Waals surface area contributed by atoms with Gasteiger partial charge in [0.25, 0.3) is 5.91 Å². The average molecular weight is 372 g/mol. The number of amides is 1. The fourth-order valence-corrected chi connectivity index (χ4v) is 3.38. The van der Waals surface area contributed by atoms with Gasteiger partial charge in [-0.3, -0.25) is 9.78 Å². The van der Waals surface area contributed by atoms with Crippen molar-refractivity contribution in [3.05, 3.63) is 57.1 Å². The fraction of sp³-hybridized carbons (Fsp3) is 0.333. The monoisotopic (exact) mass is 372 g/mol. The molecule has 0 bridgehead atoms. The highest BCUT2D eigenvalue weighted by atomic mass is 32.1. The molecule has 1 unspecified atom stereocenters. The molecule has 0 aromatic carbocycles. The molecule has 0 spiro atoms. The quantitative estimate of drug-likeness (QED) is 0.712. The summed E-state index contributed by atoms with van der Waals surface area (Å²) in [6, 6.07) is 5.05. The molecule has 3 aromatic rings. The van der Waals surface area contributed by atoms with Crippen LogP contribution in [0.5, 0.6) is 5.75 Å². The van der Waals surface area contributed by atoms with E-state index in [0.717, 1.165) is 21.3 Å². The Morgan fingerprint density at radius 3 is 2.81 bits per heavy atom. The zero-order valence-corrected chi connectivity index (χ0v) is 15.9. The minimum Gasteiger partial charge on any atom is -0.484 e. The first kappa shape index (κ1) is 18.1. The van der Waals surface area contributed by atoms with Gasteiger partial charge in [0.15, 0.2) is 11.5 Å². The van der Waals surface area contributed by atoms with Crippen molar-refractivity contribution in [3.63, 3.8) is 0 Å². The molecule has 0 saturated carbocycles. The predicted octanol–water partition coefficient (Wildman–Crippen LogP) is 3.52. The minimum absolute atomic E-state index is 0.172. The Bertz CT molecular complexity index is 902. The smallest absolute Gasteiger partial charge is 0.274 e. The van der Waals surface area contributed by atoms with Gasteiger partial charge in [-0.05, 0) is 39.8 Å². The lowest BCUT2D eigenvalue weighted by atomic mass is 10.2. The Hall–Kier alpha value is -2.74. The van der Waals surface area contributed by atoms with Gasteiger partial charge in [0.05, 0.1) is 22.9 Å². The molecular weight excluding hydrogens is 352 g/mol. The summed E-state index contributed by atoms with van der Waals surface area (Å²) in [5.41, 5.74) is 2.00. The molecule has 1 atom stereocenters. The number of carbonyl (C=O) groups is 1. The van der Waals surface area contributed by atoms with Gasteiger partial charge in [0.1, 0.15) is 12.4 Å². The number of rotatable bonds is 6. The molecule has 8 heteroatoms. The van der Waals surface area contributed by atoms with Crippen LogP contribution in [-0.4, -0.2) is 21.0 Å². The van der Waals surface area contributed by atoms with Crippen molar-refractivity contribution in [2.45, 2.75) is 40.3 Å². The number of aryl methyl sites for hydroxylation is 3. The second-order valence-electron chi connectivity index (χ2n) is 5.97. The van der Waals surface area contributed by atoms with Crippen LogP contribution in [0.4, 0.5) is 0 Å². The zero-order chi connectivity index (χ0) is 18.7. The number of ether oxygens (including phenoxy) is 1. The van der Waals surface area contributed by atoms with E-state index >= 15 is 0 Å². The summed E-state index contributed by atoms with van der Waals surface area (Å²) in [6.45, 7) is 7.91. The van der Waals surface area contributed by atoms with Gasteiger partial charge in [-0.2, -0.15) is 0 Å². The highest BCUT2D eigenvalue weighted by Crippen LogP contribution is 2.22. The Labute approximate surface area is 155 Å². The summed E-state index contributed by atoms with van der Waals surface area (Å²) in [6.07, 6.45) is 1.64. The van der Waals surface area contributed by atoms with Crippen LogP contribution in [-0.2, 0) is 6.61 Å². The molecule has 0 radical (unpaired) electrons. The molecule has 3 aromatic heterocycles. The zero-order valence-electron chi connectivity index (χ0n) is 15.1. The molecular formula is C18H20N4O3S. The standard InChI is InChI=1S/C18H20N4O3S/c1-10-5-6-14(8-19-10)24-9-15-7-16(22-25-15)18(23)20-11(2)17-12(3)26-13(4)21-17/h5-8,11H,9H2,1-4H3,(H,20,23). The second kappa shape index (κ2) is 7.65. The molecule has 3 heterocycles. The van der Waals surface area contributed by atoms with Gasteiger partial charge in [-0.15, -0.1) is 11.3 Å². The third-order valence-electron chi connectivity index (χ3n) is 3.75. The highest BCUT2D eigenvalue weighted by molar-refractivity contribution is 7.11. The van der Waals surface area contributed by atoms with Crippen LogP contribution in [0.3, 0.4) is 0 Å². The summed E-state index contributed by atoms with van der Waals surface area (Å²) in [5.74, 6) is 0.777. The maximum atomic E-state index is 12.4. The Balaban J connectivity index is 1.59. The Morgan fingerprint density at radius 2 is 2.15 bits per heavy atom. The van der Waals surface area contributed by atoms with E-state index in [1.165, 1.54) is 0 Å². The number of nitrogens with one attached hydrogen (secondary N) is 1. The van der Waals surface area contributed by atoms with E-state index in [4.69, 9.17) is 9.26 Å². The number of aromatic nitrogens is 3. The third kappa shape index (κ3) is 4.26. The summed E-state index contributed by atoms with van der Waals surface area (Å²) in [5, 5.41) is 7.69. The second-order valence-corrected chi connectivity index (χ2v) is 7.38. The van der Waals surface area contributed by atoms with Crippen LogP contribution in [0.2, 0.25) is 0 Å². The molecule has 7 nitrogen and oxygen atoms in total. The first-order valence-electron chi connectivity index (χ1n) is 8.18. The van der Waals surface area contributed by atoms with Crippen LogP contribution in [0.1, 0.15) is 50.5 Å². The molecule has 0 aliphatic rings. The van der Waals surface area contributed by atoms with E-state index in [1.54, 1.807) is 23.6 Å². The van der Waals surface area contributed by atoms with Crippen molar-refractivity contribution in [1.82, 2.24) is 20.4 Å². The summed E-state index contributed by atoms with van der Waals surface area (Å²) >= 11 is 1.61. The molecule has 3 rings (SSSR count). The molecule has 0 aliphatic heterocycles. The Morgan fingerprint density at radius 1 is 1.35 bits per heavy atom. The van der Waals surface area contributed by atoms with Crippen LogP contribution in [0.15, 0.2) is 28.9 Å². The minimum atomic E-state index is -0.311. The van der Waals surface area contributed by atoms with Crippen LogP contribution < -0.4 is 10.1 Å². The van der Waals surface area contributed by atoms with Crippen molar-refractivity contribution < 1.29 is 14.1 Å². The van der Waals surface area contributed by atoms with Crippen LogP contribution in [0.25, 0.3) is 0 Å². The molecule has 136 valence electrons. The molecule has 0 aliphatic carbocycles. The van der Waals surface area contributed by atoms with Gasteiger partial charge in [0, 0.05) is 16.6 Å². The van der Waals surface area contributed by atoms with E-state index in [0.29, 0.717) is 11.5 Å². The maximum absolute atomic E-state index is 12.4. The predicted molar refractivity (Wildman–Crippen MR) is 97.3 cm³/mol. The third-order valence-corrected chi connectivity index (χ3v) is 4.66. The molecule has 0 fully saturated rings. The normalized spacial score (nSPS) is 12.0. The lowest BCUT2D eigenvalue weighted by molar-refractivity contribution is 0.0929. The van der Waals surface area contributed by atoms with Crippen molar-refractivity contribution in [1.29, 1.82) is 0 Å². The average Bonchev–Trinajstić information content (AvgIpc) is 3.20. The first-order chi connectivity index (χ1) is 12.4. The summed E-state index contributed by atoms with van der Waals surface area (Å²) in [7, 11) is 0. The van der Waals surface area contributed by atoms with Crippen molar-refractivity contribution in [2.24, 2.45) is 0 Å². The van der Waals surface area contributed by atoms with E-state index < -0.39 is 0 Å². The van der Waals surface area contributed by atoms with Crippen molar-refractivity contribution in [2.75, 3.05) is 0 Å². The van der Waals surface area contributed by atoms with Gasteiger partial charge in [-0.25, -0.2) is 4.98 Å². The van der Waals surface area contributed by atoms with Crippen molar-refractivity contribution in [3.8, 4) is 5.75 Å². The van der Waals surface area contributed by atoms with E-state index in [-0.39, 0.29) is 24.2 Å². The summed E-state index contributed by atoms with van der Waals surface area (Å²) in [4.78, 5) is 22.1. The number of nitrogens with zero attached hydrogens (tertiary/aromatic N) is 3. The molecule has 26 heavy (non-hydrogen) atoms. The highest BCUT2D eigenvalue weighted by Gasteiger charge is 2.19. The Kier molecular flexibility index (Phi) is 5.32. The number of carbonyl (C=O) groups excluding carboxylic acids is 1. The van der Waals surface area contributed by atoms with Crippen LogP contribution >= 0.6 is 11.3 Å². The maximum Gasteiger partial charge on any atom is 0.274 e. The van der Waals surface area contributed by atoms with E-state index in [9.17, 15) is 4.79 Å². The molecule has 1 N–H and O–H groups in total. The SMILES string of the molecule is Cc1ccc(OCc2cc(C(=O)NC(C)c3nc(C)sc3C)no2)cn1. The van der Waals surface area contributed by atoms with E-state index in [1.807, 2.05) is 39.8 Å². The van der Waals surface area contributed by atoms with Gasteiger partial charge in [0.2, 0.25) is 0 Å². The van der Waals surface area contributed by atoms with Crippen LogP contribution in [0, 0.1) is 20.8 Å². The largest absolute Gasteiger partial charge is 0.484 e. The summed E-state index contributed by atoms with van der Waals surface area (Å²) < 4.78 is 10.7. The number of pyridine rings is 1. The van der Waals surface area contributed by atoms with Gasteiger partial charge < -0.3 is 14.6 Å². The molecule has 1 amide bonds. The molecule has 0 saturated heterocycles.